The summed E-state index contributed by atoms with van der Waals surface area (Å²) in [6, 6.07) is 0. The van der Waals surface area contributed by atoms with E-state index in [4.69, 9.17) is 0 Å². The van der Waals surface area contributed by atoms with Crippen molar-refractivity contribution in [2.24, 2.45) is 0 Å². The van der Waals surface area contributed by atoms with Gasteiger partial charge in [0.15, 0.2) is 0 Å². The van der Waals surface area contributed by atoms with E-state index in [0.29, 0.717) is 0 Å². The summed E-state index contributed by atoms with van der Waals surface area (Å²) in [7, 11) is 0. The maximum Gasteiger partial charge on any atom is 0.127 e. The molecule has 0 amide bonds. The molecule has 0 spiro atoms. The monoisotopic (exact) mass is 342 g/mol. The molecule has 0 aromatic carbocycles. The highest BCUT2D eigenvalue weighted by atomic mass is 127. The molecule has 1 rings (SSSR count). The molecule has 0 aliphatic carbocycles. The highest BCUT2D eigenvalue weighted by Crippen LogP contribution is 2.26. The molecule has 0 atom stereocenters. The SMILES string of the molecule is Cc1c(I)nn(C(C)(C)C)c1Br. The van der Waals surface area contributed by atoms with E-state index in [1.54, 1.807) is 0 Å². The molecular formula is C8H12BrIN2. The van der Waals surface area contributed by atoms with Crippen LogP contribution in [0.1, 0.15) is 26.3 Å². The molecule has 4 heteroatoms. The van der Waals surface area contributed by atoms with Crippen molar-refractivity contribution in [1.82, 2.24) is 9.78 Å². The summed E-state index contributed by atoms with van der Waals surface area (Å²) < 4.78 is 4.15. The van der Waals surface area contributed by atoms with Crippen molar-refractivity contribution in [3.05, 3.63) is 13.9 Å². The van der Waals surface area contributed by atoms with Crippen LogP contribution in [0.25, 0.3) is 0 Å². The van der Waals surface area contributed by atoms with Crippen molar-refractivity contribution in [2.75, 3.05) is 0 Å². The van der Waals surface area contributed by atoms with Gasteiger partial charge in [0.25, 0.3) is 0 Å². The quantitative estimate of drug-likeness (QED) is 0.661. The topological polar surface area (TPSA) is 17.8 Å². The average Bonchev–Trinajstić information content (AvgIpc) is 2.15. The fourth-order valence-electron chi connectivity index (χ4n) is 0.895. The fraction of sp³-hybridized carbons (Fsp3) is 0.625. The van der Waals surface area contributed by atoms with Gasteiger partial charge in [0.2, 0.25) is 0 Å². The van der Waals surface area contributed by atoms with Crippen LogP contribution in [0.15, 0.2) is 4.60 Å². The molecule has 0 radical (unpaired) electrons. The summed E-state index contributed by atoms with van der Waals surface area (Å²) in [4.78, 5) is 0. The molecule has 0 N–H and O–H groups in total. The first kappa shape index (κ1) is 10.5. The first-order valence-electron chi connectivity index (χ1n) is 3.75. The third kappa shape index (κ3) is 1.84. The Morgan fingerprint density at radius 2 is 1.92 bits per heavy atom. The van der Waals surface area contributed by atoms with Crippen molar-refractivity contribution in [3.8, 4) is 0 Å². The van der Waals surface area contributed by atoms with Crippen molar-refractivity contribution >= 4 is 38.5 Å². The van der Waals surface area contributed by atoms with Crippen LogP contribution in [-0.4, -0.2) is 9.78 Å². The predicted octanol–water partition coefficient (Wildman–Crippen LogP) is 3.31. The van der Waals surface area contributed by atoms with Crippen LogP contribution in [0.5, 0.6) is 0 Å². The second-order valence-electron chi connectivity index (χ2n) is 3.79. The van der Waals surface area contributed by atoms with Crippen LogP contribution in [0.2, 0.25) is 0 Å². The van der Waals surface area contributed by atoms with E-state index in [1.165, 1.54) is 5.56 Å². The summed E-state index contributed by atoms with van der Waals surface area (Å²) in [6.45, 7) is 8.49. The van der Waals surface area contributed by atoms with E-state index in [9.17, 15) is 0 Å². The number of rotatable bonds is 0. The fourth-order valence-corrected chi connectivity index (χ4v) is 2.54. The molecule has 0 aliphatic rings. The van der Waals surface area contributed by atoms with Gasteiger partial charge >= 0.3 is 0 Å². The summed E-state index contributed by atoms with van der Waals surface area (Å²) >= 11 is 5.78. The van der Waals surface area contributed by atoms with Crippen molar-refractivity contribution in [3.63, 3.8) is 0 Å². The summed E-state index contributed by atoms with van der Waals surface area (Å²) in [6.07, 6.45) is 0. The van der Waals surface area contributed by atoms with Gasteiger partial charge in [-0.1, -0.05) is 0 Å². The van der Waals surface area contributed by atoms with Gasteiger partial charge in [-0.3, -0.25) is 4.68 Å². The van der Waals surface area contributed by atoms with Gasteiger partial charge in [0, 0.05) is 5.56 Å². The Kier molecular flexibility index (Phi) is 2.88. The van der Waals surface area contributed by atoms with E-state index in [-0.39, 0.29) is 5.54 Å². The maximum absolute atomic E-state index is 4.44. The molecule has 0 saturated carbocycles. The highest BCUT2D eigenvalue weighted by Gasteiger charge is 2.20. The molecule has 12 heavy (non-hydrogen) atoms. The Balaban J connectivity index is 3.28. The largest absolute Gasteiger partial charge is 0.252 e. The molecule has 0 unspecified atom stereocenters. The number of halogens is 2. The minimum Gasteiger partial charge on any atom is -0.252 e. The maximum atomic E-state index is 4.44. The summed E-state index contributed by atoms with van der Waals surface area (Å²) in [5.41, 5.74) is 1.26. The lowest BCUT2D eigenvalue weighted by molar-refractivity contribution is 0.347. The molecule has 0 bridgehead atoms. The molecule has 1 heterocycles. The van der Waals surface area contributed by atoms with Gasteiger partial charge in [-0.2, -0.15) is 5.10 Å². The average molecular weight is 343 g/mol. The molecule has 2 nitrogen and oxygen atoms in total. The Morgan fingerprint density at radius 1 is 1.42 bits per heavy atom. The third-order valence-corrected chi connectivity index (χ3v) is 3.58. The first-order chi connectivity index (χ1) is 5.34. The van der Waals surface area contributed by atoms with E-state index in [1.807, 2.05) is 4.68 Å². The molecule has 0 saturated heterocycles. The summed E-state index contributed by atoms with van der Waals surface area (Å²) in [5, 5.41) is 4.44. The molecule has 1 aromatic heterocycles. The summed E-state index contributed by atoms with van der Waals surface area (Å²) in [5.74, 6) is 0. The molecule has 1 aromatic rings. The zero-order valence-electron chi connectivity index (χ0n) is 7.65. The molecule has 0 fully saturated rings. The van der Waals surface area contributed by atoms with Gasteiger partial charge in [-0.25, -0.2) is 0 Å². The number of hydrogen-bond acceptors (Lipinski definition) is 1. The van der Waals surface area contributed by atoms with Crippen LogP contribution in [0, 0.1) is 10.6 Å². The second kappa shape index (κ2) is 3.29. The zero-order chi connectivity index (χ0) is 9.52. The van der Waals surface area contributed by atoms with Crippen LogP contribution in [-0.2, 0) is 5.54 Å². The van der Waals surface area contributed by atoms with Crippen molar-refractivity contribution < 1.29 is 0 Å². The van der Waals surface area contributed by atoms with E-state index >= 15 is 0 Å². The Bertz CT molecular complexity index is 299. The van der Waals surface area contributed by atoms with Gasteiger partial charge in [-0.15, -0.1) is 0 Å². The van der Waals surface area contributed by atoms with Crippen LogP contribution in [0.4, 0.5) is 0 Å². The number of hydrogen-bond donors (Lipinski definition) is 0. The minimum absolute atomic E-state index is 0.0486. The van der Waals surface area contributed by atoms with Gasteiger partial charge in [0.1, 0.15) is 8.30 Å². The van der Waals surface area contributed by atoms with E-state index in [0.717, 1.165) is 8.30 Å². The minimum atomic E-state index is 0.0486. The predicted molar refractivity (Wildman–Crippen MR) is 62.4 cm³/mol. The van der Waals surface area contributed by atoms with E-state index in [2.05, 4.69) is 71.3 Å². The van der Waals surface area contributed by atoms with Crippen molar-refractivity contribution in [2.45, 2.75) is 33.2 Å². The standard InChI is InChI=1S/C8H12BrIN2/c1-5-6(9)12(8(2,3)4)11-7(5)10/h1-4H3. The Hall–Kier alpha value is 0.420. The Morgan fingerprint density at radius 3 is 2.08 bits per heavy atom. The van der Waals surface area contributed by atoms with E-state index < -0.39 is 0 Å². The van der Waals surface area contributed by atoms with Gasteiger partial charge in [-0.05, 0) is 66.2 Å². The third-order valence-electron chi connectivity index (χ3n) is 1.63. The Labute approximate surface area is 95.0 Å². The van der Waals surface area contributed by atoms with Crippen LogP contribution >= 0.6 is 38.5 Å². The number of aromatic nitrogens is 2. The molecule has 68 valence electrons. The molecule has 0 aliphatic heterocycles. The smallest absolute Gasteiger partial charge is 0.127 e. The lowest BCUT2D eigenvalue weighted by atomic mass is 10.1. The van der Waals surface area contributed by atoms with Crippen molar-refractivity contribution in [1.29, 1.82) is 0 Å². The second-order valence-corrected chi connectivity index (χ2v) is 5.56. The normalized spacial score (nSPS) is 12.2. The molecular weight excluding hydrogens is 331 g/mol. The number of nitrogens with zero attached hydrogens (tertiary/aromatic N) is 2. The first-order valence-corrected chi connectivity index (χ1v) is 5.62. The van der Waals surface area contributed by atoms with Gasteiger partial charge in [0.05, 0.1) is 5.54 Å². The lowest BCUT2D eigenvalue weighted by Crippen LogP contribution is -2.23. The van der Waals surface area contributed by atoms with Gasteiger partial charge < -0.3 is 0 Å². The lowest BCUT2D eigenvalue weighted by Gasteiger charge is -2.20. The highest BCUT2D eigenvalue weighted by molar-refractivity contribution is 14.1. The van der Waals surface area contributed by atoms with Crippen LogP contribution in [0.3, 0.4) is 0 Å². The zero-order valence-corrected chi connectivity index (χ0v) is 11.4. The van der Waals surface area contributed by atoms with Crippen LogP contribution < -0.4 is 0 Å².